The highest BCUT2D eigenvalue weighted by atomic mass is 19.4. The molecule has 2 rings (SSSR count). The van der Waals surface area contributed by atoms with E-state index in [0.29, 0.717) is 16.9 Å². The predicted octanol–water partition coefficient (Wildman–Crippen LogP) is 4.59. The van der Waals surface area contributed by atoms with Crippen molar-refractivity contribution >= 4 is 17.2 Å². The van der Waals surface area contributed by atoms with Crippen molar-refractivity contribution in [2.24, 2.45) is 16.7 Å². The van der Waals surface area contributed by atoms with Gasteiger partial charge in [-0.05, 0) is 36.4 Å². The fourth-order valence-electron chi connectivity index (χ4n) is 1.84. The molecule has 2 aromatic rings. The van der Waals surface area contributed by atoms with Gasteiger partial charge in [-0.15, -0.1) is 5.10 Å². The summed E-state index contributed by atoms with van der Waals surface area (Å²) < 4.78 is 37.6. The molecule has 8 heteroatoms. The number of hydrazone groups is 1. The Bertz CT molecular complexity index is 667. The van der Waals surface area contributed by atoms with Gasteiger partial charge in [-0.2, -0.15) is 13.2 Å². The van der Waals surface area contributed by atoms with E-state index in [1.807, 2.05) is 27.7 Å². The van der Waals surface area contributed by atoms with E-state index in [9.17, 15) is 13.2 Å². The minimum Gasteiger partial charge on any atom is -0.382 e. The molecule has 0 aliphatic carbocycles. The number of nitrogens with zero attached hydrogens (tertiary/aromatic N) is 1. The van der Waals surface area contributed by atoms with Crippen molar-refractivity contribution in [2.75, 3.05) is 5.32 Å². The Morgan fingerprint density at radius 3 is 1.96 bits per heavy atom. The molecule has 0 radical (unpaired) electrons. The first kappa shape index (κ1) is 23.3. The molecule has 0 saturated carbocycles. The molecule has 0 bridgehead atoms. The van der Waals surface area contributed by atoms with Gasteiger partial charge in [0.15, 0.2) is 5.84 Å². The molecule has 0 saturated heterocycles. The van der Waals surface area contributed by atoms with E-state index in [1.165, 1.54) is 12.1 Å². The number of alkyl halides is 3. The van der Waals surface area contributed by atoms with Crippen LogP contribution < -0.4 is 22.4 Å². The fraction of sp³-hybridized carbons (Fsp3) is 0.278. The molecule has 2 aromatic carbocycles. The van der Waals surface area contributed by atoms with Crippen LogP contribution in [0, 0.1) is 0 Å². The second-order valence-electron chi connectivity index (χ2n) is 4.37. The van der Waals surface area contributed by atoms with Gasteiger partial charge in [-0.1, -0.05) is 39.8 Å². The third-order valence-corrected chi connectivity index (χ3v) is 2.88. The molecule has 0 atom stereocenters. The number of halogens is 3. The summed E-state index contributed by atoms with van der Waals surface area (Å²) in [6, 6.07) is 11.6. The van der Waals surface area contributed by atoms with Crippen molar-refractivity contribution in [3.63, 3.8) is 0 Å². The number of rotatable bonds is 4. The zero-order valence-electron chi connectivity index (χ0n) is 15.4. The van der Waals surface area contributed by atoms with Crippen molar-refractivity contribution in [1.82, 2.24) is 5.53 Å². The van der Waals surface area contributed by atoms with Gasteiger partial charge >= 0.3 is 6.18 Å². The lowest BCUT2D eigenvalue weighted by molar-refractivity contribution is -0.137. The highest BCUT2D eigenvalue weighted by Crippen LogP contribution is 2.30. The number of amidine groups is 1. The fourth-order valence-corrected chi connectivity index (χ4v) is 1.84. The van der Waals surface area contributed by atoms with E-state index in [2.05, 4.69) is 16.0 Å². The van der Waals surface area contributed by atoms with Gasteiger partial charge < -0.3 is 11.1 Å². The number of nitrogens with two attached hydrogens (primary N) is 2. The Balaban J connectivity index is 0.00000146. The second-order valence-corrected chi connectivity index (χ2v) is 4.37. The molecule has 0 spiro atoms. The molecular weight excluding hydrogens is 343 g/mol. The average molecular weight is 369 g/mol. The second kappa shape index (κ2) is 11.8. The lowest BCUT2D eigenvalue weighted by Gasteiger charge is -2.12. The zero-order chi connectivity index (χ0) is 20.2. The molecular formula is C18H26F3N5. The van der Waals surface area contributed by atoms with Crippen LogP contribution in [0.15, 0.2) is 53.6 Å². The number of hydrogen-bond acceptors (Lipinski definition) is 4. The van der Waals surface area contributed by atoms with Crippen LogP contribution in [0.4, 0.5) is 24.5 Å². The van der Waals surface area contributed by atoms with E-state index in [4.69, 9.17) is 11.6 Å². The van der Waals surface area contributed by atoms with E-state index < -0.39 is 11.7 Å². The summed E-state index contributed by atoms with van der Waals surface area (Å²) in [7, 11) is 0. The van der Waals surface area contributed by atoms with Crippen LogP contribution in [0.3, 0.4) is 0 Å². The highest BCUT2D eigenvalue weighted by Gasteiger charge is 2.29. The number of nitrogens with one attached hydrogen (secondary N) is 2. The van der Waals surface area contributed by atoms with Crippen LogP contribution in [0.5, 0.6) is 0 Å². The summed E-state index contributed by atoms with van der Waals surface area (Å²) >= 11 is 0. The molecule has 144 valence electrons. The quantitative estimate of drug-likeness (QED) is 0.275. The van der Waals surface area contributed by atoms with Gasteiger partial charge in [0.05, 0.1) is 5.56 Å². The molecule has 5 nitrogen and oxygen atoms in total. The number of hydrogen-bond donors (Lipinski definition) is 4. The molecule has 0 amide bonds. The van der Waals surface area contributed by atoms with Crippen LogP contribution in [0.2, 0.25) is 0 Å². The van der Waals surface area contributed by atoms with Crippen LogP contribution in [-0.4, -0.2) is 5.84 Å². The summed E-state index contributed by atoms with van der Waals surface area (Å²) in [5, 5.41) is 6.67. The summed E-state index contributed by atoms with van der Waals surface area (Å²) in [4.78, 5) is 0. The van der Waals surface area contributed by atoms with Crippen LogP contribution in [0.1, 0.15) is 38.8 Å². The first-order valence-corrected chi connectivity index (χ1v) is 8.24. The van der Waals surface area contributed by atoms with Crippen molar-refractivity contribution in [3.8, 4) is 0 Å². The molecule has 26 heavy (non-hydrogen) atoms. The molecule has 0 heterocycles. The molecule has 0 aliphatic heterocycles. The van der Waals surface area contributed by atoms with Crippen LogP contribution in [0.25, 0.3) is 0 Å². The smallest absolute Gasteiger partial charge is 0.382 e. The third-order valence-electron chi connectivity index (χ3n) is 2.88. The Labute approximate surface area is 152 Å². The topological polar surface area (TPSA) is 88.5 Å². The van der Waals surface area contributed by atoms with Gasteiger partial charge in [-0.3, -0.25) is 0 Å². The van der Waals surface area contributed by atoms with Crippen LogP contribution >= 0.6 is 0 Å². The van der Waals surface area contributed by atoms with E-state index in [1.54, 1.807) is 24.3 Å². The van der Waals surface area contributed by atoms with Crippen molar-refractivity contribution < 1.29 is 13.2 Å². The maximum absolute atomic E-state index is 12.5. The summed E-state index contributed by atoms with van der Waals surface area (Å²) in [6.07, 6.45) is -4.36. The van der Waals surface area contributed by atoms with Gasteiger partial charge in [0.1, 0.15) is 0 Å². The Hall–Kier alpha value is -2.74. The average Bonchev–Trinajstić information content (AvgIpc) is 2.65. The van der Waals surface area contributed by atoms with Gasteiger partial charge in [-0.25, -0.2) is 11.4 Å². The lowest BCUT2D eigenvalue weighted by atomic mass is 10.1. The number of benzene rings is 2. The Kier molecular flexibility index (Phi) is 10.5. The van der Waals surface area contributed by atoms with Crippen LogP contribution in [-0.2, 0) is 6.18 Å². The van der Waals surface area contributed by atoms with E-state index in [0.717, 1.165) is 12.1 Å². The van der Waals surface area contributed by atoms with E-state index in [-0.39, 0.29) is 5.84 Å². The zero-order valence-corrected chi connectivity index (χ0v) is 15.4. The van der Waals surface area contributed by atoms with Gasteiger partial charge in [0.2, 0.25) is 0 Å². The van der Waals surface area contributed by atoms with Gasteiger partial charge in [0, 0.05) is 16.9 Å². The normalized spacial score (nSPS) is 10.7. The van der Waals surface area contributed by atoms with Crippen molar-refractivity contribution in [1.29, 1.82) is 0 Å². The number of para-hydroxylation sites is 1. The Morgan fingerprint density at radius 2 is 1.46 bits per heavy atom. The monoisotopic (exact) mass is 369 g/mol. The van der Waals surface area contributed by atoms with Crippen molar-refractivity contribution in [2.45, 2.75) is 33.9 Å². The van der Waals surface area contributed by atoms with Crippen molar-refractivity contribution in [3.05, 3.63) is 59.7 Å². The predicted molar refractivity (Wildman–Crippen MR) is 102 cm³/mol. The Morgan fingerprint density at radius 1 is 0.923 bits per heavy atom. The SMILES string of the molecule is CC.CC.NN/N=C(\N)c1ccccc1Nc1ccc(C(F)(F)F)cc1. The molecule has 0 aromatic heterocycles. The number of hydrazine groups is 1. The molecule has 0 unspecified atom stereocenters. The first-order chi connectivity index (χ1) is 12.4. The molecule has 0 fully saturated rings. The summed E-state index contributed by atoms with van der Waals surface area (Å²) in [5.41, 5.74) is 8.80. The molecule has 6 N–H and O–H groups in total. The third kappa shape index (κ3) is 7.02. The van der Waals surface area contributed by atoms with E-state index >= 15 is 0 Å². The first-order valence-electron chi connectivity index (χ1n) is 8.24. The molecule has 0 aliphatic rings. The highest BCUT2D eigenvalue weighted by molar-refractivity contribution is 6.02. The minimum atomic E-state index is -4.36. The maximum atomic E-state index is 12.5. The number of anilines is 2. The maximum Gasteiger partial charge on any atom is 0.416 e. The largest absolute Gasteiger partial charge is 0.416 e. The lowest BCUT2D eigenvalue weighted by Crippen LogP contribution is -2.23. The van der Waals surface area contributed by atoms with Gasteiger partial charge in [0.25, 0.3) is 0 Å². The minimum absolute atomic E-state index is 0.150. The summed E-state index contributed by atoms with van der Waals surface area (Å²) in [6.45, 7) is 8.00. The summed E-state index contributed by atoms with van der Waals surface area (Å²) in [5.74, 6) is 5.23. The standard InChI is InChI=1S/C14H14F3N5.2C2H6/c15-14(16,17)9-5-7-10(8-6-9)20-12-4-2-1-3-11(12)13(18)21-22-19;2*1-2/h1-8,20,22H,19H2,(H2,18,21);2*1-2H3.